The summed E-state index contributed by atoms with van der Waals surface area (Å²) in [4.78, 5) is 32.2. The fourth-order valence-corrected chi connectivity index (χ4v) is 4.78. The molecule has 7 nitrogen and oxygen atoms in total. The smallest absolute Gasteiger partial charge is 0.387 e. The number of ether oxygens (including phenoxy) is 2. The number of halogens is 2. The topological polar surface area (TPSA) is 80.2 Å². The van der Waals surface area contributed by atoms with Gasteiger partial charge in [-0.05, 0) is 72.5 Å². The van der Waals surface area contributed by atoms with Crippen LogP contribution in [-0.2, 0) is 16.0 Å². The Labute approximate surface area is 229 Å². The highest BCUT2D eigenvalue weighted by atomic mass is 32.2. The Balaban J connectivity index is 1.58. The van der Waals surface area contributed by atoms with Crippen molar-refractivity contribution in [3.8, 4) is 11.5 Å². The van der Waals surface area contributed by atoms with Gasteiger partial charge in [-0.3, -0.25) is 14.5 Å². The van der Waals surface area contributed by atoms with Crippen LogP contribution >= 0.6 is 11.8 Å². The first kappa shape index (κ1) is 27.8. The van der Waals surface area contributed by atoms with Crippen LogP contribution < -0.4 is 19.7 Å². The van der Waals surface area contributed by atoms with Crippen molar-refractivity contribution in [2.45, 2.75) is 26.9 Å². The third-order valence-electron chi connectivity index (χ3n) is 5.91. The first-order valence-electron chi connectivity index (χ1n) is 12.1. The van der Waals surface area contributed by atoms with Crippen molar-refractivity contribution in [1.82, 2.24) is 0 Å². The van der Waals surface area contributed by atoms with E-state index in [-0.39, 0.29) is 28.3 Å². The van der Waals surface area contributed by atoms with Crippen molar-refractivity contribution in [2.75, 3.05) is 23.1 Å². The quantitative estimate of drug-likeness (QED) is 0.317. The van der Waals surface area contributed by atoms with E-state index in [0.29, 0.717) is 11.4 Å². The van der Waals surface area contributed by atoms with Crippen molar-refractivity contribution in [3.05, 3.63) is 89.1 Å². The molecule has 0 fully saturated rings. The lowest BCUT2D eigenvalue weighted by Gasteiger charge is -2.18. The van der Waals surface area contributed by atoms with E-state index in [0.717, 1.165) is 40.6 Å². The minimum Gasteiger partial charge on any atom is -0.497 e. The monoisotopic (exact) mass is 551 g/mol. The molecule has 10 heteroatoms. The van der Waals surface area contributed by atoms with Crippen LogP contribution in [0.4, 0.5) is 20.2 Å². The number of rotatable bonds is 9. The number of carbonyl (C=O) groups excluding carboxylic acids is 2. The molecule has 0 radical (unpaired) electrons. The van der Waals surface area contributed by atoms with Crippen molar-refractivity contribution in [1.29, 1.82) is 0 Å². The van der Waals surface area contributed by atoms with E-state index in [9.17, 15) is 18.4 Å². The zero-order chi connectivity index (χ0) is 27.9. The fourth-order valence-electron chi connectivity index (χ4n) is 3.96. The molecule has 4 rings (SSSR count). The van der Waals surface area contributed by atoms with Gasteiger partial charge in [0.15, 0.2) is 5.17 Å². The number of nitrogens with zero attached hydrogens (tertiary/aromatic N) is 2. The van der Waals surface area contributed by atoms with Crippen LogP contribution in [0, 0.1) is 6.92 Å². The minimum atomic E-state index is -2.96. The summed E-state index contributed by atoms with van der Waals surface area (Å²) in [5, 5.41) is 3.26. The van der Waals surface area contributed by atoms with Gasteiger partial charge in [-0.15, -0.1) is 0 Å². The van der Waals surface area contributed by atoms with Crippen LogP contribution in [0.3, 0.4) is 0 Å². The molecule has 0 atom stereocenters. The van der Waals surface area contributed by atoms with Crippen LogP contribution in [0.2, 0.25) is 0 Å². The Bertz CT molecular complexity index is 1410. The lowest BCUT2D eigenvalue weighted by atomic mass is 10.1. The Kier molecular flexibility index (Phi) is 8.98. The SMILES string of the molecule is CCc1cccc(C)c1NC(=O)CSC1=NC(=Cc2ccc(OC)cc2)C(=O)N1c1ccc(OC(F)F)cc1. The molecule has 1 N–H and O–H groups in total. The third-order valence-corrected chi connectivity index (χ3v) is 6.84. The number of nitrogens with one attached hydrogen (secondary N) is 1. The summed E-state index contributed by atoms with van der Waals surface area (Å²) in [6, 6.07) is 18.6. The van der Waals surface area contributed by atoms with Gasteiger partial charge < -0.3 is 14.8 Å². The second kappa shape index (κ2) is 12.6. The van der Waals surface area contributed by atoms with Gasteiger partial charge in [0, 0.05) is 5.69 Å². The Morgan fingerprint density at radius 3 is 2.41 bits per heavy atom. The van der Waals surface area contributed by atoms with Crippen LogP contribution in [-0.4, -0.2) is 36.5 Å². The number of methoxy groups -OCH3 is 1. The number of carbonyl (C=O) groups is 2. The molecule has 202 valence electrons. The predicted molar refractivity (Wildman–Crippen MR) is 151 cm³/mol. The van der Waals surface area contributed by atoms with Gasteiger partial charge in [-0.2, -0.15) is 8.78 Å². The molecule has 3 aromatic carbocycles. The average Bonchev–Trinajstić information content (AvgIpc) is 3.23. The lowest BCUT2D eigenvalue weighted by molar-refractivity contribution is -0.114. The number of thioether (sulfide) groups is 1. The van der Waals surface area contributed by atoms with Gasteiger partial charge in [0.1, 0.15) is 17.2 Å². The van der Waals surface area contributed by atoms with Crippen LogP contribution in [0.5, 0.6) is 11.5 Å². The highest BCUT2D eigenvalue weighted by Crippen LogP contribution is 2.31. The van der Waals surface area contributed by atoms with E-state index in [1.807, 2.05) is 32.0 Å². The van der Waals surface area contributed by atoms with Gasteiger partial charge >= 0.3 is 6.61 Å². The Morgan fingerprint density at radius 2 is 1.77 bits per heavy atom. The van der Waals surface area contributed by atoms with Gasteiger partial charge in [-0.1, -0.05) is 49.0 Å². The van der Waals surface area contributed by atoms with E-state index in [4.69, 9.17) is 4.74 Å². The van der Waals surface area contributed by atoms with Crippen molar-refractivity contribution in [2.24, 2.45) is 4.99 Å². The maximum Gasteiger partial charge on any atom is 0.387 e. The molecule has 0 unspecified atom stereocenters. The molecule has 0 aliphatic carbocycles. The number of para-hydroxylation sites is 1. The van der Waals surface area contributed by atoms with E-state index in [1.54, 1.807) is 37.5 Å². The van der Waals surface area contributed by atoms with Crippen LogP contribution in [0.1, 0.15) is 23.6 Å². The van der Waals surface area contributed by atoms with Crippen molar-refractivity contribution >= 4 is 46.2 Å². The minimum absolute atomic E-state index is 0.00248. The van der Waals surface area contributed by atoms with E-state index in [1.165, 1.54) is 29.2 Å². The van der Waals surface area contributed by atoms with Crippen molar-refractivity contribution < 1.29 is 27.8 Å². The summed E-state index contributed by atoms with van der Waals surface area (Å²) in [5.41, 5.74) is 4.07. The number of aliphatic imine (C=N–C) groups is 1. The third kappa shape index (κ3) is 6.83. The lowest BCUT2D eigenvalue weighted by Crippen LogP contribution is -2.31. The summed E-state index contributed by atoms with van der Waals surface area (Å²) >= 11 is 1.10. The molecule has 0 spiro atoms. The van der Waals surface area contributed by atoms with Gasteiger partial charge in [0.05, 0.1) is 18.6 Å². The molecule has 3 aromatic rings. The molecular weight excluding hydrogens is 524 g/mol. The summed E-state index contributed by atoms with van der Waals surface area (Å²) in [5.74, 6) is -0.0170. The number of amides is 2. The largest absolute Gasteiger partial charge is 0.497 e. The Hall–Kier alpha value is -4.18. The fraction of sp³-hybridized carbons (Fsp3) is 0.207. The molecule has 0 saturated carbocycles. The van der Waals surface area contributed by atoms with Crippen LogP contribution in [0.25, 0.3) is 6.08 Å². The van der Waals surface area contributed by atoms with E-state index in [2.05, 4.69) is 15.0 Å². The molecular formula is C29H27F2N3O4S. The molecule has 0 bridgehead atoms. The molecule has 0 saturated heterocycles. The number of alkyl halides is 2. The number of aryl methyl sites for hydroxylation is 2. The second-order valence-electron chi connectivity index (χ2n) is 8.51. The summed E-state index contributed by atoms with van der Waals surface area (Å²) in [7, 11) is 1.57. The Morgan fingerprint density at radius 1 is 1.08 bits per heavy atom. The highest BCUT2D eigenvalue weighted by molar-refractivity contribution is 8.14. The summed E-state index contributed by atoms with van der Waals surface area (Å²) in [6.45, 7) is 0.988. The predicted octanol–water partition coefficient (Wildman–Crippen LogP) is 6.28. The normalized spacial score (nSPS) is 14.1. The number of benzene rings is 3. The number of hydrogen-bond donors (Lipinski definition) is 1. The second-order valence-corrected chi connectivity index (χ2v) is 9.45. The molecule has 39 heavy (non-hydrogen) atoms. The number of amidine groups is 1. The molecule has 2 amide bonds. The van der Waals surface area contributed by atoms with E-state index < -0.39 is 12.5 Å². The van der Waals surface area contributed by atoms with E-state index >= 15 is 0 Å². The van der Waals surface area contributed by atoms with Crippen LogP contribution in [0.15, 0.2) is 77.4 Å². The number of anilines is 2. The maximum atomic E-state index is 13.4. The maximum absolute atomic E-state index is 13.4. The van der Waals surface area contributed by atoms with Gasteiger partial charge in [0.25, 0.3) is 5.91 Å². The molecule has 1 aliphatic rings. The highest BCUT2D eigenvalue weighted by Gasteiger charge is 2.32. The summed E-state index contributed by atoms with van der Waals surface area (Å²) < 4.78 is 34.8. The number of hydrogen-bond acceptors (Lipinski definition) is 6. The van der Waals surface area contributed by atoms with Gasteiger partial charge in [0.2, 0.25) is 5.91 Å². The van der Waals surface area contributed by atoms with Gasteiger partial charge in [-0.25, -0.2) is 4.99 Å². The average molecular weight is 552 g/mol. The standard InChI is InChI=1S/C29H27F2N3O4S/c1-4-20-7-5-6-18(2)26(20)33-25(35)17-39-29-32-24(16-19-8-12-22(37-3)13-9-19)27(36)34(29)21-10-14-23(15-11-21)38-28(30)31/h5-16,28H,4,17H2,1-3H3,(H,33,35). The molecule has 1 heterocycles. The molecule has 0 aromatic heterocycles. The zero-order valence-corrected chi connectivity index (χ0v) is 22.4. The summed E-state index contributed by atoms with van der Waals surface area (Å²) in [6.07, 6.45) is 2.40. The molecule has 1 aliphatic heterocycles. The first-order chi connectivity index (χ1) is 18.8. The van der Waals surface area contributed by atoms with Crippen molar-refractivity contribution in [3.63, 3.8) is 0 Å². The first-order valence-corrected chi connectivity index (χ1v) is 13.1. The zero-order valence-electron chi connectivity index (χ0n) is 21.6.